The fourth-order valence-corrected chi connectivity index (χ4v) is 5.69. The quantitative estimate of drug-likeness (QED) is 0.590. The van der Waals surface area contributed by atoms with Crippen molar-refractivity contribution >= 4 is 33.6 Å². The highest BCUT2D eigenvalue weighted by Crippen LogP contribution is 2.44. The molecule has 1 fully saturated rings. The molecule has 0 saturated carbocycles. The summed E-state index contributed by atoms with van der Waals surface area (Å²) in [7, 11) is -1.29. The van der Waals surface area contributed by atoms with Crippen LogP contribution in [-0.2, 0) is 11.0 Å². The molecular weight excluding hydrogens is 452 g/mol. The van der Waals surface area contributed by atoms with Crippen molar-refractivity contribution in [3.63, 3.8) is 0 Å². The molecule has 9 heteroatoms. The van der Waals surface area contributed by atoms with Crippen LogP contribution in [0.4, 0.5) is 0 Å². The summed E-state index contributed by atoms with van der Waals surface area (Å²) in [6.45, 7) is 5.22. The molecule has 7 nitrogen and oxygen atoms in total. The second kappa shape index (κ2) is 8.33. The minimum absolute atomic E-state index is 0.256. The van der Waals surface area contributed by atoms with Gasteiger partial charge in [0.2, 0.25) is 0 Å². The van der Waals surface area contributed by atoms with Gasteiger partial charge in [-0.2, -0.15) is 0 Å². The maximum atomic E-state index is 13.2. The first kappa shape index (κ1) is 21.7. The van der Waals surface area contributed by atoms with Gasteiger partial charge in [-0.3, -0.25) is 0 Å². The van der Waals surface area contributed by atoms with Crippen LogP contribution in [0.15, 0.2) is 45.8 Å². The van der Waals surface area contributed by atoms with E-state index < -0.39 is 28.8 Å². The summed E-state index contributed by atoms with van der Waals surface area (Å²) in [4.78, 5) is 0.659. The van der Waals surface area contributed by atoms with Crippen molar-refractivity contribution in [1.82, 2.24) is 9.46 Å². The molecule has 2 aliphatic rings. The van der Waals surface area contributed by atoms with Crippen molar-refractivity contribution in [2.45, 2.75) is 55.8 Å². The number of aliphatic hydroxyl groups is 1. The lowest BCUT2D eigenvalue weighted by Crippen LogP contribution is -2.50. The summed E-state index contributed by atoms with van der Waals surface area (Å²) in [5, 5.41) is 16.3. The maximum absolute atomic E-state index is 13.2. The van der Waals surface area contributed by atoms with Crippen LogP contribution in [0.1, 0.15) is 44.8 Å². The van der Waals surface area contributed by atoms with E-state index in [1.807, 2.05) is 16.4 Å². The number of aliphatic hydroxyl groups excluding tert-OH is 1. The van der Waals surface area contributed by atoms with Crippen LogP contribution in [0.3, 0.4) is 0 Å². The minimum atomic E-state index is -1.29. The fraction of sp³-hybridized carbons (Fsp3) is 0.435. The van der Waals surface area contributed by atoms with Crippen LogP contribution in [0, 0.1) is 0 Å². The first-order chi connectivity index (χ1) is 15.3. The molecule has 2 aliphatic heterocycles. The van der Waals surface area contributed by atoms with Crippen molar-refractivity contribution in [2.24, 2.45) is 0 Å². The van der Waals surface area contributed by atoms with Gasteiger partial charge in [-0.05, 0) is 62.2 Å². The van der Waals surface area contributed by atoms with E-state index in [1.165, 1.54) is 6.42 Å². The molecule has 0 spiro atoms. The van der Waals surface area contributed by atoms with E-state index in [4.69, 9.17) is 25.6 Å². The van der Waals surface area contributed by atoms with Gasteiger partial charge < -0.3 is 19.1 Å². The molecule has 3 heterocycles. The van der Waals surface area contributed by atoms with E-state index in [2.05, 4.69) is 5.16 Å². The molecule has 0 amide bonds. The van der Waals surface area contributed by atoms with Crippen LogP contribution in [0.2, 0.25) is 5.02 Å². The minimum Gasteiger partial charge on any atom is -0.485 e. The van der Waals surface area contributed by atoms with E-state index in [0.717, 1.165) is 25.9 Å². The SMILES string of the molecule is CC1(C)Oc2ccc(S(=O)N3CCCCC3)cc2[C@@H](Oc2noc3cc(Cl)ccc23)[C@@H]1O. The average Bonchev–Trinajstić information content (AvgIpc) is 3.18. The van der Waals surface area contributed by atoms with Gasteiger partial charge in [0, 0.05) is 29.7 Å². The second-order valence-electron chi connectivity index (χ2n) is 8.76. The highest BCUT2D eigenvalue weighted by molar-refractivity contribution is 7.82. The Morgan fingerprint density at radius 3 is 2.75 bits per heavy atom. The number of hydrogen-bond donors (Lipinski definition) is 1. The molecule has 1 saturated heterocycles. The van der Waals surface area contributed by atoms with Crippen LogP contribution >= 0.6 is 11.6 Å². The average molecular weight is 477 g/mol. The molecule has 32 heavy (non-hydrogen) atoms. The molecule has 0 aliphatic carbocycles. The normalized spacial score (nSPS) is 24.0. The van der Waals surface area contributed by atoms with E-state index in [-0.39, 0.29) is 5.88 Å². The molecular formula is C23H25ClN2O5S. The van der Waals surface area contributed by atoms with Crippen LogP contribution < -0.4 is 9.47 Å². The van der Waals surface area contributed by atoms with Crippen molar-refractivity contribution in [2.75, 3.05) is 13.1 Å². The zero-order valence-corrected chi connectivity index (χ0v) is 19.5. The number of hydrogen-bond acceptors (Lipinski definition) is 6. The van der Waals surface area contributed by atoms with E-state index in [0.29, 0.717) is 32.2 Å². The zero-order valence-electron chi connectivity index (χ0n) is 17.9. The number of ether oxygens (including phenoxy) is 2. The fourth-order valence-electron chi connectivity index (χ4n) is 4.23. The van der Waals surface area contributed by atoms with Gasteiger partial charge in [0.15, 0.2) is 11.7 Å². The monoisotopic (exact) mass is 476 g/mol. The van der Waals surface area contributed by atoms with Crippen molar-refractivity contribution < 1.29 is 23.3 Å². The third kappa shape index (κ3) is 3.90. The molecule has 1 N–H and O–H groups in total. The predicted octanol–water partition coefficient (Wildman–Crippen LogP) is 4.64. The standard InChI is InChI=1S/C23H25ClN2O5S/c1-23(2)21(27)20(29-22-16-8-6-14(24)12-19(16)31-25-22)17-13-15(7-9-18(17)30-23)32(28)26-10-4-3-5-11-26/h6-9,12-13,20-21,27H,3-5,10-11H2,1-2H3/t20-,21+,32?/m1/s1. The lowest BCUT2D eigenvalue weighted by atomic mass is 9.88. The molecule has 3 atom stereocenters. The number of fused-ring (bicyclic) bond motifs is 2. The highest BCUT2D eigenvalue weighted by atomic mass is 35.5. The lowest BCUT2D eigenvalue weighted by molar-refractivity contribution is -0.104. The summed E-state index contributed by atoms with van der Waals surface area (Å²) in [6, 6.07) is 10.6. The van der Waals surface area contributed by atoms with Gasteiger partial charge in [-0.15, -0.1) is 0 Å². The maximum Gasteiger partial charge on any atom is 0.262 e. The van der Waals surface area contributed by atoms with Crippen molar-refractivity contribution in [3.05, 3.63) is 47.0 Å². The summed E-state index contributed by atoms with van der Waals surface area (Å²) >= 11 is 6.04. The smallest absolute Gasteiger partial charge is 0.262 e. The van der Waals surface area contributed by atoms with Crippen LogP contribution in [0.25, 0.3) is 11.0 Å². The Bertz CT molecular complexity index is 1170. The summed E-state index contributed by atoms with van der Waals surface area (Å²) in [6.07, 6.45) is 1.48. The van der Waals surface area contributed by atoms with Crippen molar-refractivity contribution in [1.29, 1.82) is 0 Å². The Morgan fingerprint density at radius 2 is 1.97 bits per heavy atom. The van der Waals surface area contributed by atoms with Gasteiger partial charge in [-0.1, -0.05) is 18.0 Å². The number of benzene rings is 2. The third-order valence-electron chi connectivity index (χ3n) is 6.05. The summed E-state index contributed by atoms with van der Waals surface area (Å²) in [5.41, 5.74) is 0.229. The largest absolute Gasteiger partial charge is 0.485 e. The third-order valence-corrected chi connectivity index (χ3v) is 7.78. The topological polar surface area (TPSA) is 85.0 Å². The molecule has 2 aromatic carbocycles. The van der Waals surface area contributed by atoms with Gasteiger partial charge in [0.25, 0.3) is 5.88 Å². The van der Waals surface area contributed by atoms with Crippen LogP contribution in [-0.4, -0.2) is 43.6 Å². The first-order valence-electron chi connectivity index (χ1n) is 10.7. The van der Waals surface area contributed by atoms with Gasteiger partial charge in [0.05, 0.1) is 10.3 Å². The molecule has 0 bridgehead atoms. The first-order valence-corrected chi connectivity index (χ1v) is 12.2. The second-order valence-corrected chi connectivity index (χ2v) is 10.7. The Kier molecular flexibility index (Phi) is 5.65. The molecule has 1 unspecified atom stereocenters. The highest BCUT2D eigenvalue weighted by Gasteiger charge is 2.45. The van der Waals surface area contributed by atoms with E-state index in [1.54, 1.807) is 38.1 Å². The number of halogens is 1. The van der Waals surface area contributed by atoms with E-state index in [9.17, 15) is 9.32 Å². The number of nitrogens with zero attached hydrogens (tertiary/aromatic N) is 2. The van der Waals surface area contributed by atoms with Gasteiger partial charge in [-0.25, -0.2) is 8.51 Å². The Morgan fingerprint density at radius 1 is 1.19 bits per heavy atom. The Balaban J connectivity index is 1.52. The molecule has 3 aromatic rings. The summed E-state index contributed by atoms with van der Waals surface area (Å²) in [5.74, 6) is 0.840. The number of piperidine rings is 1. The number of rotatable bonds is 4. The summed E-state index contributed by atoms with van der Waals surface area (Å²) < 4.78 is 32.8. The number of aromatic nitrogens is 1. The van der Waals surface area contributed by atoms with Gasteiger partial charge >= 0.3 is 0 Å². The van der Waals surface area contributed by atoms with Crippen LogP contribution in [0.5, 0.6) is 11.6 Å². The van der Waals surface area contributed by atoms with E-state index >= 15 is 0 Å². The molecule has 0 radical (unpaired) electrons. The molecule has 5 rings (SSSR count). The molecule has 170 valence electrons. The Hall–Kier alpha value is -2.13. The van der Waals surface area contributed by atoms with Crippen molar-refractivity contribution in [3.8, 4) is 11.6 Å². The predicted molar refractivity (Wildman–Crippen MR) is 121 cm³/mol. The zero-order chi connectivity index (χ0) is 22.5. The molecule has 1 aromatic heterocycles. The van der Waals surface area contributed by atoms with Gasteiger partial charge in [0.1, 0.15) is 28.4 Å². The Labute approximate surface area is 193 Å². The lowest BCUT2D eigenvalue weighted by Gasteiger charge is -2.41.